The number of rotatable bonds is 3. The van der Waals surface area contributed by atoms with E-state index in [1.807, 2.05) is 25.2 Å². The molecule has 0 radical (unpaired) electrons. The predicted octanol–water partition coefficient (Wildman–Crippen LogP) is 2.73. The van der Waals surface area contributed by atoms with Gasteiger partial charge in [-0.25, -0.2) is 0 Å². The number of fused-ring (bicyclic) bond motifs is 1. The Morgan fingerprint density at radius 2 is 2.24 bits per heavy atom. The summed E-state index contributed by atoms with van der Waals surface area (Å²) < 4.78 is 11.4. The minimum Gasteiger partial charge on any atom is -0.459 e. The van der Waals surface area contributed by atoms with Crippen molar-refractivity contribution in [3.63, 3.8) is 0 Å². The van der Waals surface area contributed by atoms with E-state index in [1.54, 1.807) is 0 Å². The molecular weight excluding hydrogens is 214 g/mol. The second-order valence-corrected chi connectivity index (χ2v) is 4.58. The Balaban J connectivity index is 1.94. The van der Waals surface area contributed by atoms with Gasteiger partial charge >= 0.3 is 0 Å². The summed E-state index contributed by atoms with van der Waals surface area (Å²) in [4.78, 5) is 0. The number of hydrogen-bond donors (Lipinski definition) is 1. The molecule has 3 nitrogen and oxygen atoms in total. The van der Waals surface area contributed by atoms with E-state index in [9.17, 15) is 0 Å². The fraction of sp³-hybridized carbons (Fsp3) is 0.429. The smallest absolute Gasteiger partial charge is 0.134 e. The van der Waals surface area contributed by atoms with Gasteiger partial charge in [0.15, 0.2) is 0 Å². The Morgan fingerprint density at radius 1 is 1.35 bits per heavy atom. The Hall–Kier alpha value is -1.32. The van der Waals surface area contributed by atoms with Gasteiger partial charge in [0.1, 0.15) is 11.3 Å². The summed E-state index contributed by atoms with van der Waals surface area (Å²) >= 11 is 0. The number of benzene rings is 1. The monoisotopic (exact) mass is 231 g/mol. The van der Waals surface area contributed by atoms with Crippen molar-refractivity contribution in [1.29, 1.82) is 0 Å². The van der Waals surface area contributed by atoms with Crippen LogP contribution in [0.3, 0.4) is 0 Å². The molecule has 17 heavy (non-hydrogen) atoms. The van der Waals surface area contributed by atoms with Crippen molar-refractivity contribution in [3.8, 4) is 0 Å². The van der Waals surface area contributed by atoms with Crippen molar-refractivity contribution in [1.82, 2.24) is 5.32 Å². The average Bonchev–Trinajstić information content (AvgIpc) is 2.98. The quantitative estimate of drug-likeness (QED) is 0.882. The van der Waals surface area contributed by atoms with Crippen LogP contribution in [0.1, 0.15) is 18.2 Å². The van der Waals surface area contributed by atoms with Crippen LogP contribution in [0.5, 0.6) is 0 Å². The molecule has 2 unspecified atom stereocenters. The largest absolute Gasteiger partial charge is 0.459 e. The highest BCUT2D eigenvalue weighted by atomic mass is 16.5. The summed E-state index contributed by atoms with van der Waals surface area (Å²) in [5, 5.41) is 4.52. The minimum atomic E-state index is 0.255. The number of nitrogens with one attached hydrogen (secondary N) is 1. The summed E-state index contributed by atoms with van der Waals surface area (Å²) in [6, 6.07) is 10.5. The molecule has 0 aliphatic carbocycles. The first-order valence-corrected chi connectivity index (χ1v) is 6.12. The van der Waals surface area contributed by atoms with Gasteiger partial charge in [0, 0.05) is 17.9 Å². The molecule has 2 aromatic rings. The zero-order valence-corrected chi connectivity index (χ0v) is 9.98. The van der Waals surface area contributed by atoms with E-state index < -0.39 is 0 Å². The molecule has 1 saturated heterocycles. The van der Waals surface area contributed by atoms with Gasteiger partial charge in [-0.3, -0.25) is 0 Å². The molecule has 1 aliphatic heterocycles. The van der Waals surface area contributed by atoms with Crippen molar-refractivity contribution in [3.05, 3.63) is 36.1 Å². The summed E-state index contributed by atoms with van der Waals surface area (Å²) in [6.45, 7) is 1.69. The summed E-state index contributed by atoms with van der Waals surface area (Å²) in [5.41, 5.74) is 0.960. The van der Waals surface area contributed by atoms with Crippen LogP contribution < -0.4 is 5.32 Å². The van der Waals surface area contributed by atoms with Crippen LogP contribution in [-0.2, 0) is 4.74 Å². The molecule has 3 heteroatoms. The summed E-state index contributed by atoms with van der Waals surface area (Å²) in [7, 11) is 1.98. The Kier molecular flexibility index (Phi) is 2.87. The molecule has 1 N–H and O–H groups in total. The molecule has 1 aliphatic rings. The third kappa shape index (κ3) is 1.96. The summed E-state index contributed by atoms with van der Waals surface area (Å²) in [6.07, 6.45) is 1.10. The van der Waals surface area contributed by atoms with Gasteiger partial charge in [0.25, 0.3) is 0 Å². The lowest BCUT2D eigenvalue weighted by Crippen LogP contribution is -2.25. The van der Waals surface area contributed by atoms with Crippen LogP contribution in [0.25, 0.3) is 11.0 Å². The van der Waals surface area contributed by atoms with E-state index in [2.05, 4.69) is 17.4 Å². The van der Waals surface area contributed by atoms with Crippen molar-refractivity contribution in [2.45, 2.75) is 12.5 Å². The SMILES string of the molecule is CNC(c1cc2ccccc2o1)C1CCOC1. The third-order valence-electron chi connectivity index (χ3n) is 3.50. The number of para-hydroxylation sites is 1. The maximum Gasteiger partial charge on any atom is 0.134 e. The van der Waals surface area contributed by atoms with E-state index in [0.717, 1.165) is 31.0 Å². The summed E-state index contributed by atoms with van der Waals surface area (Å²) in [5.74, 6) is 1.53. The number of furan rings is 1. The number of hydrogen-bond acceptors (Lipinski definition) is 3. The van der Waals surface area contributed by atoms with Crippen molar-refractivity contribution in [2.75, 3.05) is 20.3 Å². The molecular formula is C14H17NO2. The second-order valence-electron chi connectivity index (χ2n) is 4.58. The highest BCUT2D eigenvalue weighted by Crippen LogP contribution is 2.32. The van der Waals surface area contributed by atoms with Gasteiger partial charge in [-0.1, -0.05) is 18.2 Å². The van der Waals surface area contributed by atoms with E-state index in [-0.39, 0.29) is 6.04 Å². The molecule has 0 bridgehead atoms. The van der Waals surface area contributed by atoms with Crippen LogP contribution >= 0.6 is 0 Å². The highest BCUT2D eigenvalue weighted by Gasteiger charge is 2.28. The van der Waals surface area contributed by atoms with Crippen molar-refractivity contribution < 1.29 is 9.15 Å². The van der Waals surface area contributed by atoms with E-state index in [0.29, 0.717) is 5.92 Å². The molecule has 2 atom stereocenters. The predicted molar refractivity (Wildman–Crippen MR) is 66.9 cm³/mol. The molecule has 90 valence electrons. The molecule has 1 fully saturated rings. The van der Waals surface area contributed by atoms with Gasteiger partial charge in [-0.15, -0.1) is 0 Å². The Labute approximate surface area is 101 Å². The first-order valence-electron chi connectivity index (χ1n) is 6.12. The molecule has 1 aromatic carbocycles. The van der Waals surface area contributed by atoms with E-state index >= 15 is 0 Å². The van der Waals surface area contributed by atoms with Crippen LogP contribution in [0.4, 0.5) is 0 Å². The third-order valence-corrected chi connectivity index (χ3v) is 3.50. The van der Waals surface area contributed by atoms with Crippen LogP contribution in [0.2, 0.25) is 0 Å². The molecule has 3 rings (SSSR count). The number of ether oxygens (including phenoxy) is 1. The topological polar surface area (TPSA) is 34.4 Å². The van der Waals surface area contributed by atoms with Crippen molar-refractivity contribution >= 4 is 11.0 Å². The zero-order valence-electron chi connectivity index (χ0n) is 9.98. The minimum absolute atomic E-state index is 0.255. The maximum atomic E-state index is 5.92. The van der Waals surface area contributed by atoms with Crippen LogP contribution in [-0.4, -0.2) is 20.3 Å². The maximum absolute atomic E-state index is 5.92. The van der Waals surface area contributed by atoms with Gasteiger partial charge in [0.05, 0.1) is 12.6 Å². The lowest BCUT2D eigenvalue weighted by Gasteiger charge is -2.19. The molecule has 0 amide bonds. The lowest BCUT2D eigenvalue weighted by molar-refractivity contribution is 0.175. The lowest BCUT2D eigenvalue weighted by atomic mass is 9.97. The fourth-order valence-corrected chi connectivity index (χ4v) is 2.58. The van der Waals surface area contributed by atoms with Gasteiger partial charge in [-0.05, 0) is 25.6 Å². The van der Waals surface area contributed by atoms with Gasteiger partial charge in [0.2, 0.25) is 0 Å². The molecule has 0 saturated carbocycles. The second kappa shape index (κ2) is 4.51. The van der Waals surface area contributed by atoms with E-state index in [4.69, 9.17) is 9.15 Å². The Bertz CT molecular complexity index is 467. The van der Waals surface area contributed by atoms with Crippen LogP contribution in [0.15, 0.2) is 34.7 Å². The van der Waals surface area contributed by atoms with Crippen LogP contribution in [0, 0.1) is 5.92 Å². The van der Waals surface area contributed by atoms with E-state index in [1.165, 1.54) is 5.39 Å². The van der Waals surface area contributed by atoms with Gasteiger partial charge in [-0.2, -0.15) is 0 Å². The Morgan fingerprint density at radius 3 is 2.94 bits per heavy atom. The highest BCUT2D eigenvalue weighted by molar-refractivity contribution is 5.77. The van der Waals surface area contributed by atoms with Crippen molar-refractivity contribution in [2.24, 2.45) is 5.92 Å². The zero-order chi connectivity index (χ0) is 11.7. The average molecular weight is 231 g/mol. The molecule has 2 heterocycles. The first kappa shape index (κ1) is 10.8. The molecule has 1 aromatic heterocycles. The van der Waals surface area contributed by atoms with Gasteiger partial charge < -0.3 is 14.5 Å². The molecule has 0 spiro atoms. The standard InChI is InChI=1S/C14H17NO2/c1-15-14(11-6-7-16-9-11)13-8-10-4-2-3-5-12(10)17-13/h2-5,8,11,14-15H,6-7,9H2,1H3. The normalized spacial score (nSPS) is 22.1. The fourth-order valence-electron chi connectivity index (χ4n) is 2.58. The first-order chi connectivity index (χ1) is 8.38.